The number of H-pyrrole nitrogens is 1. The average molecular weight is 410 g/mol. The zero-order valence-electron chi connectivity index (χ0n) is 15.2. The van der Waals surface area contributed by atoms with Crippen molar-refractivity contribution in [2.24, 2.45) is 0 Å². The third-order valence-corrected chi connectivity index (χ3v) is 6.84. The fourth-order valence-electron chi connectivity index (χ4n) is 2.42. The van der Waals surface area contributed by atoms with E-state index >= 15 is 0 Å². The number of hydrogen-bond acceptors (Lipinski definition) is 5. The van der Waals surface area contributed by atoms with Gasteiger partial charge in [-0.25, -0.2) is 13.1 Å². The van der Waals surface area contributed by atoms with Gasteiger partial charge in [0.05, 0.1) is 0 Å². The van der Waals surface area contributed by atoms with Crippen molar-refractivity contribution in [2.75, 3.05) is 13.1 Å². The molecule has 0 aliphatic carbocycles. The minimum atomic E-state index is -3.76. The maximum atomic E-state index is 12.1. The van der Waals surface area contributed by atoms with Crippen LogP contribution in [0.25, 0.3) is 0 Å². The number of benzene rings is 1. The normalized spacial score (nSPS) is 12.1. The van der Waals surface area contributed by atoms with Crippen LogP contribution in [0.15, 0.2) is 51.0 Å². The quantitative estimate of drug-likeness (QED) is 0.433. The van der Waals surface area contributed by atoms with Gasteiger partial charge in [0.2, 0.25) is 5.91 Å². The molecule has 27 heavy (non-hydrogen) atoms. The van der Waals surface area contributed by atoms with Crippen LogP contribution in [0.4, 0.5) is 0 Å². The molecule has 0 aliphatic rings. The predicted molar refractivity (Wildman–Crippen MR) is 106 cm³/mol. The summed E-state index contributed by atoms with van der Waals surface area (Å²) in [5.41, 5.74) is 2.46. The Morgan fingerprint density at radius 2 is 1.93 bits per heavy atom. The van der Waals surface area contributed by atoms with Gasteiger partial charge in [0, 0.05) is 24.9 Å². The molecule has 7 nitrogen and oxygen atoms in total. The largest absolute Gasteiger partial charge is 0.351 e. The summed E-state index contributed by atoms with van der Waals surface area (Å²) in [5.74, 6) is -0.262. The molecule has 0 bridgehead atoms. The Morgan fingerprint density at radius 3 is 2.56 bits per heavy atom. The van der Waals surface area contributed by atoms with Gasteiger partial charge in [-0.15, -0.1) is 0 Å². The smallest absolute Gasteiger partial charge is 0.305 e. The Hall–Kier alpha value is -2.23. The lowest BCUT2D eigenvalue weighted by atomic mass is 10.1. The molecule has 0 saturated heterocycles. The number of aromatic amines is 1. The SMILES string of the molecule is CC(=CC(=O)NCCNS(=O)(=O)c1sc(=O)[nH]c1C)CCc1ccccc1. The van der Waals surface area contributed by atoms with Crippen LogP contribution in [-0.2, 0) is 21.2 Å². The lowest BCUT2D eigenvalue weighted by molar-refractivity contribution is -0.116. The summed E-state index contributed by atoms with van der Waals surface area (Å²) in [7, 11) is -3.76. The monoisotopic (exact) mass is 409 g/mol. The summed E-state index contributed by atoms with van der Waals surface area (Å²) in [6, 6.07) is 10.0. The highest BCUT2D eigenvalue weighted by Gasteiger charge is 2.19. The van der Waals surface area contributed by atoms with Crippen LogP contribution in [0.1, 0.15) is 24.6 Å². The van der Waals surface area contributed by atoms with E-state index in [9.17, 15) is 18.0 Å². The van der Waals surface area contributed by atoms with Crippen molar-refractivity contribution in [1.82, 2.24) is 15.0 Å². The molecule has 0 aliphatic heterocycles. The number of carbonyl (C=O) groups excluding carboxylic acids is 1. The summed E-state index contributed by atoms with van der Waals surface area (Å²) in [6.07, 6.45) is 3.16. The van der Waals surface area contributed by atoms with Gasteiger partial charge < -0.3 is 10.3 Å². The Bertz CT molecular complexity index is 960. The van der Waals surface area contributed by atoms with Crippen LogP contribution in [-0.4, -0.2) is 32.4 Å². The Morgan fingerprint density at radius 1 is 1.22 bits per heavy atom. The maximum Gasteiger partial charge on any atom is 0.305 e. The van der Waals surface area contributed by atoms with Crippen molar-refractivity contribution in [3.05, 3.63) is 62.9 Å². The van der Waals surface area contributed by atoms with Crippen LogP contribution >= 0.6 is 11.3 Å². The first-order valence-electron chi connectivity index (χ1n) is 8.46. The molecule has 146 valence electrons. The van der Waals surface area contributed by atoms with E-state index in [0.717, 1.165) is 18.4 Å². The number of thiazole rings is 1. The van der Waals surface area contributed by atoms with E-state index in [2.05, 4.69) is 15.0 Å². The zero-order chi connectivity index (χ0) is 19.9. The van der Waals surface area contributed by atoms with Crippen LogP contribution in [0, 0.1) is 6.92 Å². The van der Waals surface area contributed by atoms with Gasteiger partial charge >= 0.3 is 4.87 Å². The molecule has 1 aromatic carbocycles. The molecule has 1 aromatic heterocycles. The highest BCUT2D eigenvalue weighted by Crippen LogP contribution is 2.14. The second-order valence-corrected chi connectivity index (χ2v) is 9.04. The van der Waals surface area contributed by atoms with Gasteiger partial charge in [0.25, 0.3) is 10.0 Å². The second-order valence-electron chi connectivity index (χ2n) is 6.09. The van der Waals surface area contributed by atoms with E-state index in [-0.39, 0.29) is 23.2 Å². The summed E-state index contributed by atoms with van der Waals surface area (Å²) < 4.78 is 26.6. The van der Waals surface area contributed by atoms with Gasteiger partial charge in [0.1, 0.15) is 0 Å². The van der Waals surface area contributed by atoms with E-state index in [4.69, 9.17) is 0 Å². The van der Waals surface area contributed by atoms with E-state index < -0.39 is 14.9 Å². The summed E-state index contributed by atoms with van der Waals surface area (Å²) in [4.78, 5) is 25.2. The first-order valence-corrected chi connectivity index (χ1v) is 10.8. The lowest BCUT2D eigenvalue weighted by Gasteiger charge is -2.07. The number of allylic oxidation sites excluding steroid dienone is 1. The van der Waals surface area contributed by atoms with Crippen molar-refractivity contribution in [2.45, 2.75) is 30.9 Å². The zero-order valence-corrected chi connectivity index (χ0v) is 16.9. The molecule has 0 unspecified atom stereocenters. The molecule has 2 aromatic rings. The average Bonchev–Trinajstić information content (AvgIpc) is 2.97. The van der Waals surface area contributed by atoms with Crippen molar-refractivity contribution in [1.29, 1.82) is 0 Å². The summed E-state index contributed by atoms with van der Waals surface area (Å²) in [6.45, 7) is 3.61. The number of aryl methyl sites for hydroxylation is 2. The van der Waals surface area contributed by atoms with Crippen LogP contribution in [0.2, 0.25) is 0 Å². The standard InChI is InChI=1S/C18H23N3O4S2/c1-13(8-9-15-6-4-3-5-7-15)12-16(22)19-10-11-20-27(24,25)17-14(2)21-18(23)26-17/h3-7,12,20H,8-11H2,1-2H3,(H,19,22)(H,21,23). The molecule has 2 rings (SSSR count). The van der Waals surface area contributed by atoms with E-state index in [1.807, 2.05) is 37.3 Å². The van der Waals surface area contributed by atoms with E-state index in [1.165, 1.54) is 18.6 Å². The first-order chi connectivity index (χ1) is 12.8. The number of sulfonamides is 1. The Balaban J connectivity index is 1.75. The molecule has 1 heterocycles. The molecule has 0 spiro atoms. The van der Waals surface area contributed by atoms with Crippen LogP contribution < -0.4 is 14.9 Å². The van der Waals surface area contributed by atoms with Gasteiger partial charge in [-0.3, -0.25) is 9.59 Å². The van der Waals surface area contributed by atoms with Crippen molar-refractivity contribution >= 4 is 27.3 Å². The van der Waals surface area contributed by atoms with Gasteiger partial charge in [-0.2, -0.15) is 0 Å². The third kappa shape index (κ3) is 6.78. The Labute approximate surface area is 162 Å². The molecule has 3 N–H and O–H groups in total. The molecular formula is C18H23N3O4S2. The number of aromatic nitrogens is 1. The van der Waals surface area contributed by atoms with Crippen molar-refractivity contribution < 1.29 is 13.2 Å². The highest BCUT2D eigenvalue weighted by molar-refractivity contribution is 7.91. The Kier molecular flexibility index (Phi) is 7.52. The van der Waals surface area contributed by atoms with E-state index in [0.29, 0.717) is 17.0 Å². The molecule has 0 radical (unpaired) electrons. The number of amides is 1. The predicted octanol–water partition coefficient (Wildman–Crippen LogP) is 1.72. The molecule has 9 heteroatoms. The molecule has 0 saturated carbocycles. The van der Waals surface area contributed by atoms with Gasteiger partial charge in [-0.1, -0.05) is 47.2 Å². The molecule has 0 fully saturated rings. The number of rotatable bonds is 9. The molecule has 0 atom stereocenters. The highest BCUT2D eigenvalue weighted by atomic mass is 32.2. The topological polar surface area (TPSA) is 108 Å². The number of carbonyl (C=O) groups is 1. The summed E-state index contributed by atoms with van der Waals surface area (Å²) >= 11 is 0.639. The van der Waals surface area contributed by atoms with Crippen LogP contribution in [0.3, 0.4) is 0 Å². The van der Waals surface area contributed by atoms with Crippen molar-refractivity contribution in [3.8, 4) is 0 Å². The molecule has 1 amide bonds. The number of nitrogens with one attached hydrogen (secondary N) is 3. The fourth-order valence-corrected chi connectivity index (χ4v) is 4.79. The lowest BCUT2D eigenvalue weighted by Crippen LogP contribution is -2.34. The molecular weight excluding hydrogens is 386 g/mol. The van der Waals surface area contributed by atoms with Crippen LogP contribution in [0.5, 0.6) is 0 Å². The van der Waals surface area contributed by atoms with E-state index in [1.54, 1.807) is 0 Å². The van der Waals surface area contributed by atoms with Gasteiger partial charge in [-0.05, 0) is 32.3 Å². The maximum absolute atomic E-state index is 12.1. The second kappa shape index (κ2) is 9.63. The summed E-state index contributed by atoms with van der Waals surface area (Å²) in [5, 5.41) is 2.65. The number of hydrogen-bond donors (Lipinski definition) is 3. The minimum absolute atomic E-state index is 0.0320. The fraction of sp³-hybridized carbons (Fsp3) is 0.333. The van der Waals surface area contributed by atoms with Crippen molar-refractivity contribution in [3.63, 3.8) is 0 Å². The third-order valence-electron chi connectivity index (χ3n) is 3.77. The minimum Gasteiger partial charge on any atom is -0.351 e. The van der Waals surface area contributed by atoms with Gasteiger partial charge in [0.15, 0.2) is 4.21 Å². The first kappa shape index (κ1) is 21.1.